The first kappa shape index (κ1) is 22.9. The monoisotopic (exact) mass is 445 g/mol. The molecule has 5 heteroatoms. The highest BCUT2D eigenvalue weighted by Crippen LogP contribution is 2.37. The topological polar surface area (TPSA) is 45.8 Å². The van der Waals surface area contributed by atoms with Crippen LogP contribution >= 0.6 is 0 Å². The Hall–Kier alpha value is -3.25. The van der Waals surface area contributed by atoms with Gasteiger partial charge in [0.1, 0.15) is 17.3 Å². The van der Waals surface area contributed by atoms with E-state index in [-0.39, 0.29) is 5.82 Å². The molecule has 0 radical (unpaired) electrons. The smallest absolute Gasteiger partial charge is 0.173 e. The number of hydrogen-bond acceptors (Lipinski definition) is 4. The summed E-state index contributed by atoms with van der Waals surface area (Å²) in [6.07, 6.45) is 0. The zero-order valence-corrected chi connectivity index (χ0v) is 18.7. The van der Waals surface area contributed by atoms with Crippen molar-refractivity contribution >= 4 is 0 Å². The maximum atomic E-state index is 13.3. The van der Waals surface area contributed by atoms with Gasteiger partial charge in [0.2, 0.25) is 0 Å². The number of benzene rings is 3. The molecule has 0 saturated carbocycles. The van der Waals surface area contributed by atoms with E-state index in [1.165, 1.54) is 12.1 Å². The van der Waals surface area contributed by atoms with Crippen molar-refractivity contribution in [3.63, 3.8) is 0 Å². The molecule has 3 aromatic carbocycles. The van der Waals surface area contributed by atoms with Crippen LogP contribution in [0.4, 0.5) is 4.39 Å². The van der Waals surface area contributed by atoms with E-state index < -0.39 is 5.60 Å². The van der Waals surface area contributed by atoms with Gasteiger partial charge in [-0.25, -0.2) is 4.39 Å². The molecular weight excluding hydrogens is 417 g/mol. The van der Waals surface area contributed by atoms with Crippen LogP contribution < -0.4 is 0 Å². The maximum Gasteiger partial charge on any atom is 0.173 e. The van der Waals surface area contributed by atoms with Gasteiger partial charge in [0.05, 0.1) is 13.2 Å². The fourth-order valence-corrected chi connectivity index (χ4v) is 3.97. The van der Waals surface area contributed by atoms with Crippen molar-refractivity contribution in [2.75, 3.05) is 20.3 Å². The van der Waals surface area contributed by atoms with Crippen LogP contribution in [0.3, 0.4) is 0 Å². The minimum absolute atomic E-state index is 0.251. The molecule has 170 valence electrons. The fraction of sp³-hybridized carbons (Fsp3) is 0.214. The minimum Gasteiger partial charge on any atom is -0.461 e. The first-order chi connectivity index (χ1) is 16.1. The summed E-state index contributed by atoms with van der Waals surface area (Å²) in [6, 6.07) is 29.3. The summed E-state index contributed by atoms with van der Waals surface area (Å²) < 4.78 is 24.8. The molecule has 0 fully saturated rings. The second-order valence-electron chi connectivity index (χ2n) is 8.04. The first-order valence-corrected chi connectivity index (χ1v) is 11.0. The number of methoxy groups -OCH3 is 1. The molecule has 1 aromatic heterocycles. The molecule has 0 aliphatic carbocycles. The lowest BCUT2D eigenvalue weighted by Gasteiger charge is -2.27. The van der Waals surface area contributed by atoms with Gasteiger partial charge in [0.25, 0.3) is 0 Å². The van der Waals surface area contributed by atoms with E-state index in [4.69, 9.17) is 9.15 Å². The van der Waals surface area contributed by atoms with Crippen molar-refractivity contribution in [3.8, 4) is 0 Å². The third kappa shape index (κ3) is 5.40. The molecule has 0 bridgehead atoms. The molecule has 0 aliphatic heterocycles. The van der Waals surface area contributed by atoms with Gasteiger partial charge >= 0.3 is 0 Å². The predicted octanol–water partition coefficient (Wildman–Crippen LogP) is 5.35. The number of halogens is 1. The summed E-state index contributed by atoms with van der Waals surface area (Å²) in [5.74, 6) is 0.941. The molecule has 33 heavy (non-hydrogen) atoms. The summed E-state index contributed by atoms with van der Waals surface area (Å²) in [5, 5.41) is 11.9. The van der Waals surface area contributed by atoms with Crippen LogP contribution in [-0.4, -0.2) is 30.3 Å². The molecule has 0 saturated heterocycles. The molecule has 4 rings (SSSR count). The van der Waals surface area contributed by atoms with Crippen molar-refractivity contribution in [2.24, 2.45) is 0 Å². The summed E-state index contributed by atoms with van der Waals surface area (Å²) in [6.45, 7) is 2.40. The Morgan fingerprint density at radius 1 is 0.818 bits per heavy atom. The van der Waals surface area contributed by atoms with Crippen molar-refractivity contribution in [2.45, 2.75) is 18.7 Å². The molecule has 4 nitrogen and oxygen atoms in total. The third-order valence-corrected chi connectivity index (χ3v) is 5.71. The lowest BCUT2D eigenvalue weighted by atomic mass is 9.84. The van der Waals surface area contributed by atoms with Gasteiger partial charge in [-0.05, 0) is 41.0 Å². The Morgan fingerprint density at radius 3 is 2.00 bits per heavy atom. The number of hydrogen-bond donors (Lipinski definition) is 1. The number of furan rings is 1. The predicted molar refractivity (Wildman–Crippen MR) is 126 cm³/mol. The van der Waals surface area contributed by atoms with Gasteiger partial charge in [-0.2, -0.15) is 0 Å². The molecular formula is C28H28FNO3. The van der Waals surface area contributed by atoms with Crippen molar-refractivity contribution in [1.29, 1.82) is 0 Å². The van der Waals surface area contributed by atoms with E-state index in [2.05, 4.69) is 4.90 Å². The van der Waals surface area contributed by atoms with Gasteiger partial charge in [-0.3, -0.25) is 4.90 Å². The summed E-state index contributed by atoms with van der Waals surface area (Å²) >= 11 is 0. The number of aliphatic hydroxyl groups is 1. The van der Waals surface area contributed by atoms with Gasteiger partial charge in [-0.15, -0.1) is 0 Å². The summed E-state index contributed by atoms with van der Waals surface area (Å²) in [4.78, 5) is 2.17. The fourth-order valence-electron chi connectivity index (χ4n) is 3.97. The highest BCUT2D eigenvalue weighted by atomic mass is 19.1. The van der Waals surface area contributed by atoms with Crippen LogP contribution in [0.2, 0.25) is 0 Å². The quantitative estimate of drug-likeness (QED) is 0.357. The van der Waals surface area contributed by atoms with Crippen LogP contribution in [0.5, 0.6) is 0 Å². The van der Waals surface area contributed by atoms with E-state index in [9.17, 15) is 9.50 Å². The third-order valence-electron chi connectivity index (χ3n) is 5.71. The molecule has 0 atom stereocenters. The van der Waals surface area contributed by atoms with Gasteiger partial charge < -0.3 is 14.3 Å². The van der Waals surface area contributed by atoms with E-state index in [1.807, 2.05) is 72.8 Å². The Balaban J connectivity index is 1.61. The van der Waals surface area contributed by atoms with Crippen molar-refractivity contribution < 1.29 is 18.7 Å². The van der Waals surface area contributed by atoms with Gasteiger partial charge in [0.15, 0.2) is 5.60 Å². The lowest BCUT2D eigenvalue weighted by molar-refractivity contribution is 0.0932. The zero-order chi connectivity index (χ0) is 23.1. The average Bonchev–Trinajstić information content (AvgIpc) is 3.33. The van der Waals surface area contributed by atoms with Crippen LogP contribution in [0, 0.1) is 5.82 Å². The first-order valence-electron chi connectivity index (χ1n) is 11.0. The SMILES string of the molecule is COCCN(Cc1ccc(F)cc1)Cc1ccc(C(O)(c2ccccc2)c2ccccc2)o1. The minimum atomic E-state index is -1.41. The second-order valence-corrected chi connectivity index (χ2v) is 8.04. The molecule has 0 unspecified atom stereocenters. The molecule has 4 aromatic rings. The number of rotatable bonds is 10. The maximum absolute atomic E-state index is 13.3. The van der Waals surface area contributed by atoms with Crippen LogP contribution in [-0.2, 0) is 23.4 Å². The van der Waals surface area contributed by atoms with E-state index in [0.29, 0.717) is 32.0 Å². The van der Waals surface area contributed by atoms with Gasteiger partial charge in [-0.1, -0.05) is 72.8 Å². The second kappa shape index (κ2) is 10.6. The standard InChI is InChI=1S/C28H28FNO3/c1-32-19-18-30(20-22-12-14-25(29)15-13-22)21-26-16-17-27(33-26)28(31,23-8-4-2-5-9-23)24-10-6-3-7-11-24/h2-17,31H,18-21H2,1H3. The highest BCUT2D eigenvalue weighted by molar-refractivity contribution is 5.43. The van der Waals surface area contributed by atoms with E-state index >= 15 is 0 Å². The van der Waals surface area contributed by atoms with Crippen molar-refractivity contribution in [1.82, 2.24) is 4.90 Å². The molecule has 1 N–H and O–H groups in total. The van der Waals surface area contributed by atoms with Crippen LogP contribution in [0.25, 0.3) is 0 Å². The summed E-state index contributed by atoms with van der Waals surface area (Å²) in [7, 11) is 1.67. The average molecular weight is 446 g/mol. The summed E-state index contributed by atoms with van der Waals surface area (Å²) in [5.41, 5.74) is 1.07. The Bertz CT molecular complexity index is 1090. The number of nitrogens with zero attached hydrogens (tertiary/aromatic N) is 1. The van der Waals surface area contributed by atoms with Crippen LogP contribution in [0.15, 0.2) is 101 Å². The Labute approximate surface area is 193 Å². The lowest BCUT2D eigenvalue weighted by Crippen LogP contribution is -2.28. The molecule has 0 spiro atoms. The molecule has 0 aliphatic rings. The van der Waals surface area contributed by atoms with Crippen LogP contribution in [0.1, 0.15) is 28.2 Å². The Morgan fingerprint density at radius 2 is 1.42 bits per heavy atom. The van der Waals surface area contributed by atoms with E-state index in [1.54, 1.807) is 19.2 Å². The number of ether oxygens (including phenoxy) is 1. The largest absolute Gasteiger partial charge is 0.461 e. The highest BCUT2D eigenvalue weighted by Gasteiger charge is 2.37. The van der Waals surface area contributed by atoms with Crippen molar-refractivity contribution in [3.05, 3.63) is 131 Å². The van der Waals surface area contributed by atoms with E-state index in [0.717, 1.165) is 22.5 Å². The molecule has 0 amide bonds. The van der Waals surface area contributed by atoms with Gasteiger partial charge in [0, 0.05) is 20.2 Å². The Kier molecular flexibility index (Phi) is 7.35. The molecule has 1 heterocycles. The zero-order valence-electron chi connectivity index (χ0n) is 18.7. The normalized spacial score (nSPS) is 11.8.